The van der Waals surface area contributed by atoms with Crippen molar-refractivity contribution < 1.29 is 9.59 Å². The standard InChI is InChI=1S/C26H23ClN4O3/c1-17-12-13-20(14-21(17)27)28-24(33)16-31-23-11-7-6-10-22(23)29-25(26(31)34)30(18(2)32)15-19-8-4-3-5-9-19/h3-14H,15-16H2,1-2H3,(H,28,33). The lowest BCUT2D eigenvalue weighted by Crippen LogP contribution is -2.38. The van der Waals surface area contributed by atoms with Gasteiger partial charge in [0.25, 0.3) is 5.56 Å². The summed E-state index contributed by atoms with van der Waals surface area (Å²) in [4.78, 5) is 44.7. The van der Waals surface area contributed by atoms with Gasteiger partial charge in [0.1, 0.15) is 6.54 Å². The van der Waals surface area contributed by atoms with Crippen LogP contribution >= 0.6 is 11.6 Å². The highest BCUT2D eigenvalue weighted by Gasteiger charge is 2.21. The Morgan fingerprint density at radius 3 is 2.44 bits per heavy atom. The number of aryl methyl sites for hydroxylation is 1. The summed E-state index contributed by atoms with van der Waals surface area (Å²) in [6.07, 6.45) is 0. The number of fused-ring (bicyclic) bond motifs is 1. The van der Waals surface area contributed by atoms with E-state index in [1.165, 1.54) is 16.4 Å². The predicted octanol–water partition coefficient (Wildman–Crippen LogP) is 4.55. The van der Waals surface area contributed by atoms with Gasteiger partial charge in [-0.25, -0.2) is 4.98 Å². The summed E-state index contributed by atoms with van der Waals surface area (Å²) in [5.41, 5.74) is 2.75. The van der Waals surface area contributed by atoms with E-state index < -0.39 is 11.5 Å². The van der Waals surface area contributed by atoms with Crippen LogP contribution in [0.5, 0.6) is 0 Å². The Hall–Kier alpha value is -3.97. The second kappa shape index (κ2) is 9.89. The van der Waals surface area contributed by atoms with Crippen molar-refractivity contribution >= 4 is 46.0 Å². The lowest BCUT2D eigenvalue weighted by atomic mass is 10.2. The molecule has 2 amide bonds. The maximum Gasteiger partial charge on any atom is 0.294 e. The molecule has 4 rings (SSSR count). The molecule has 34 heavy (non-hydrogen) atoms. The van der Waals surface area contributed by atoms with Gasteiger partial charge in [-0.2, -0.15) is 0 Å². The largest absolute Gasteiger partial charge is 0.324 e. The Balaban J connectivity index is 1.73. The predicted molar refractivity (Wildman–Crippen MR) is 134 cm³/mol. The van der Waals surface area contributed by atoms with Gasteiger partial charge in [0.05, 0.1) is 17.6 Å². The zero-order valence-electron chi connectivity index (χ0n) is 18.8. The van der Waals surface area contributed by atoms with Gasteiger partial charge in [-0.1, -0.05) is 60.1 Å². The smallest absolute Gasteiger partial charge is 0.294 e. The molecule has 0 spiro atoms. The molecule has 0 aliphatic carbocycles. The number of amides is 2. The normalized spacial score (nSPS) is 10.8. The molecule has 0 aliphatic heterocycles. The topological polar surface area (TPSA) is 84.3 Å². The minimum Gasteiger partial charge on any atom is -0.324 e. The molecule has 1 aromatic heterocycles. The lowest BCUT2D eigenvalue weighted by molar-refractivity contribution is -0.117. The van der Waals surface area contributed by atoms with E-state index in [0.29, 0.717) is 21.7 Å². The highest BCUT2D eigenvalue weighted by Crippen LogP contribution is 2.21. The quantitative estimate of drug-likeness (QED) is 0.444. The van der Waals surface area contributed by atoms with E-state index in [2.05, 4.69) is 10.3 Å². The summed E-state index contributed by atoms with van der Waals surface area (Å²) >= 11 is 6.16. The molecule has 4 aromatic rings. The Morgan fingerprint density at radius 1 is 1.03 bits per heavy atom. The molecule has 0 radical (unpaired) electrons. The van der Waals surface area contributed by atoms with Crippen LogP contribution < -0.4 is 15.8 Å². The van der Waals surface area contributed by atoms with E-state index in [0.717, 1.165) is 11.1 Å². The molecule has 172 valence electrons. The number of anilines is 2. The third-order valence-corrected chi connectivity index (χ3v) is 5.82. The van der Waals surface area contributed by atoms with Crippen molar-refractivity contribution in [3.8, 4) is 0 Å². The van der Waals surface area contributed by atoms with Gasteiger partial charge in [0.2, 0.25) is 17.6 Å². The molecule has 0 aliphatic rings. The van der Waals surface area contributed by atoms with Crippen LogP contribution in [0.3, 0.4) is 0 Å². The molecule has 1 heterocycles. The van der Waals surface area contributed by atoms with Crippen LogP contribution in [0.15, 0.2) is 77.6 Å². The van der Waals surface area contributed by atoms with E-state index in [4.69, 9.17) is 11.6 Å². The van der Waals surface area contributed by atoms with E-state index in [1.807, 2.05) is 37.3 Å². The van der Waals surface area contributed by atoms with Gasteiger partial charge in [0.15, 0.2) is 0 Å². The Bertz CT molecular complexity index is 1430. The summed E-state index contributed by atoms with van der Waals surface area (Å²) in [6.45, 7) is 3.19. The molecule has 0 fully saturated rings. The summed E-state index contributed by atoms with van der Waals surface area (Å²) in [5.74, 6) is -0.753. The maximum atomic E-state index is 13.5. The summed E-state index contributed by atoms with van der Waals surface area (Å²) in [7, 11) is 0. The van der Waals surface area contributed by atoms with Crippen molar-refractivity contribution in [3.63, 3.8) is 0 Å². The van der Waals surface area contributed by atoms with Crippen LogP contribution in [0.4, 0.5) is 11.5 Å². The van der Waals surface area contributed by atoms with Crippen molar-refractivity contribution in [1.29, 1.82) is 0 Å². The number of para-hydroxylation sites is 2. The number of hydrogen-bond acceptors (Lipinski definition) is 4. The zero-order chi connectivity index (χ0) is 24.2. The van der Waals surface area contributed by atoms with Crippen LogP contribution in [0.2, 0.25) is 5.02 Å². The Morgan fingerprint density at radius 2 is 1.74 bits per heavy atom. The second-order valence-corrected chi connectivity index (χ2v) is 8.33. The van der Waals surface area contributed by atoms with Gasteiger partial charge in [-0.05, 0) is 42.3 Å². The molecule has 0 atom stereocenters. The molecule has 0 saturated heterocycles. The second-order valence-electron chi connectivity index (χ2n) is 7.92. The first-order chi connectivity index (χ1) is 16.3. The number of hydrogen-bond donors (Lipinski definition) is 1. The number of rotatable bonds is 6. The van der Waals surface area contributed by atoms with E-state index in [1.54, 1.807) is 42.5 Å². The van der Waals surface area contributed by atoms with Crippen LogP contribution in [0.25, 0.3) is 11.0 Å². The molecule has 7 nitrogen and oxygen atoms in total. The molecule has 3 aromatic carbocycles. The van der Waals surface area contributed by atoms with E-state index >= 15 is 0 Å². The van der Waals surface area contributed by atoms with E-state index in [-0.39, 0.29) is 24.8 Å². The van der Waals surface area contributed by atoms with Crippen molar-refractivity contribution in [2.45, 2.75) is 26.9 Å². The van der Waals surface area contributed by atoms with Gasteiger partial charge in [-0.3, -0.25) is 23.9 Å². The monoisotopic (exact) mass is 474 g/mol. The minimum absolute atomic E-state index is 0.0266. The molecule has 1 N–H and O–H groups in total. The SMILES string of the molecule is CC(=O)N(Cc1ccccc1)c1nc2ccccc2n(CC(=O)Nc2ccc(C)c(Cl)c2)c1=O. The molecule has 0 saturated carbocycles. The fraction of sp³-hybridized carbons (Fsp3) is 0.154. The Kier molecular flexibility index (Phi) is 6.75. The molecule has 0 unspecified atom stereocenters. The van der Waals surface area contributed by atoms with E-state index in [9.17, 15) is 14.4 Å². The average Bonchev–Trinajstić information content (AvgIpc) is 2.82. The summed E-state index contributed by atoms with van der Waals surface area (Å²) < 4.78 is 1.34. The van der Waals surface area contributed by atoms with Crippen LogP contribution in [-0.2, 0) is 22.7 Å². The number of benzene rings is 3. The first-order valence-corrected chi connectivity index (χ1v) is 11.1. The number of nitrogens with one attached hydrogen (secondary N) is 1. The van der Waals surface area contributed by atoms with Crippen molar-refractivity contribution in [3.05, 3.63) is 99.3 Å². The first-order valence-electron chi connectivity index (χ1n) is 10.7. The summed E-state index contributed by atoms with van der Waals surface area (Å²) in [5, 5.41) is 3.31. The highest BCUT2D eigenvalue weighted by molar-refractivity contribution is 6.31. The van der Waals surface area contributed by atoms with Gasteiger partial charge < -0.3 is 5.32 Å². The number of aromatic nitrogens is 2. The molecule has 0 bridgehead atoms. The zero-order valence-corrected chi connectivity index (χ0v) is 19.5. The fourth-order valence-corrected chi connectivity index (χ4v) is 3.81. The lowest BCUT2D eigenvalue weighted by Gasteiger charge is -2.21. The molecular formula is C26H23ClN4O3. The van der Waals surface area contributed by atoms with Crippen LogP contribution in [-0.4, -0.2) is 21.4 Å². The van der Waals surface area contributed by atoms with Crippen molar-refractivity contribution in [2.75, 3.05) is 10.2 Å². The third kappa shape index (κ3) is 5.00. The first kappa shape index (κ1) is 23.2. The molecular weight excluding hydrogens is 452 g/mol. The average molecular weight is 475 g/mol. The Labute approximate surface area is 201 Å². The fourth-order valence-electron chi connectivity index (χ4n) is 3.63. The number of carbonyl (C=O) groups excluding carboxylic acids is 2. The van der Waals surface area contributed by atoms with Gasteiger partial charge >= 0.3 is 0 Å². The van der Waals surface area contributed by atoms with Crippen LogP contribution in [0, 0.1) is 6.92 Å². The van der Waals surface area contributed by atoms with Crippen molar-refractivity contribution in [2.24, 2.45) is 0 Å². The van der Waals surface area contributed by atoms with Crippen LogP contribution in [0.1, 0.15) is 18.1 Å². The number of nitrogens with zero attached hydrogens (tertiary/aromatic N) is 3. The number of carbonyl (C=O) groups is 2. The van der Waals surface area contributed by atoms with Gasteiger partial charge in [0, 0.05) is 17.6 Å². The molecule has 8 heteroatoms. The van der Waals surface area contributed by atoms with Gasteiger partial charge in [-0.15, -0.1) is 0 Å². The third-order valence-electron chi connectivity index (χ3n) is 5.41. The number of halogens is 1. The van der Waals surface area contributed by atoms with Crippen molar-refractivity contribution in [1.82, 2.24) is 9.55 Å². The maximum absolute atomic E-state index is 13.5. The highest BCUT2D eigenvalue weighted by atomic mass is 35.5. The summed E-state index contributed by atoms with van der Waals surface area (Å²) in [6, 6.07) is 21.6. The minimum atomic E-state index is -0.526.